The molecule has 2 N–H and O–H groups in total. The Morgan fingerprint density at radius 2 is 1.85 bits per heavy atom. The van der Waals surface area contributed by atoms with Crippen molar-refractivity contribution in [1.29, 1.82) is 0 Å². The Morgan fingerprint density at radius 3 is 2.59 bits per heavy atom. The molecular weight excluding hydrogens is 375 g/mol. The summed E-state index contributed by atoms with van der Waals surface area (Å²) in [5.74, 6) is 0.105. The van der Waals surface area contributed by atoms with Crippen molar-refractivity contribution in [2.75, 3.05) is 10.6 Å². The fraction of sp³-hybridized carbons (Fsp3) is 0.389. The van der Waals surface area contributed by atoms with Gasteiger partial charge < -0.3 is 10.6 Å². The number of anilines is 3. The van der Waals surface area contributed by atoms with Gasteiger partial charge in [0.15, 0.2) is 5.69 Å². The summed E-state index contributed by atoms with van der Waals surface area (Å²) in [4.78, 5) is 12.3. The van der Waals surface area contributed by atoms with Crippen LogP contribution in [0.4, 0.5) is 30.6 Å². The van der Waals surface area contributed by atoms with Crippen molar-refractivity contribution in [2.45, 2.75) is 44.8 Å². The molecule has 0 unspecified atom stereocenters. The van der Waals surface area contributed by atoms with E-state index in [1.165, 1.54) is 0 Å². The molecule has 0 radical (unpaired) electrons. The van der Waals surface area contributed by atoms with Gasteiger partial charge in [0.1, 0.15) is 5.82 Å². The summed E-state index contributed by atoms with van der Waals surface area (Å²) in [6.45, 7) is 1.92. The molecule has 1 aliphatic rings. The van der Waals surface area contributed by atoms with Gasteiger partial charge in [0.25, 0.3) is 0 Å². The van der Waals surface area contributed by atoms with Crippen molar-refractivity contribution in [3.8, 4) is 0 Å². The molecule has 1 fully saturated rings. The summed E-state index contributed by atoms with van der Waals surface area (Å²) in [7, 11) is 0. The molecule has 0 saturated heterocycles. The Labute approximate surface area is 158 Å². The Balaban J connectivity index is 1.64. The molecule has 0 atom stereocenters. The first-order chi connectivity index (χ1) is 12.9. The monoisotopic (exact) mass is 393 g/mol. The maximum Gasteiger partial charge on any atom is 0.433 e. The van der Waals surface area contributed by atoms with E-state index in [0.717, 1.165) is 47.0 Å². The van der Waals surface area contributed by atoms with E-state index in [9.17, 15) is 13.2 Å². The number of nitrogens with zero attached hydrogens (tertiary/aromatic N) is 3. The van der Waals surface area contributed by atoms with Crippen molar-refractivity contribution in [3.05, 3.63) is 35.0 Å². The van der Waals surface area contributed by atoms with Gasteiger partial charge in [0, 0.05) is 17.8 Å². The van der Waals surface area contributed by atoms with Crippen LogP contribution in [-0.2, 0) is 6.18 Å². The van der Waals surface area contributed by atoms with E-state index in [-0.39, 0.29) is 17.8 Å². The number of halogens is 3. The third-order valence-corrected chi connectivity index (χ3v) is 5.42. The Morgan fingerprint density at radius 1 is 1.07 bits per heavy atom. The number of alkyl halides is 3. The zero-order chi connectivity index (χ0) is 19.0. The summed E-state index contributed by atoms with van der Waals surface area (Å²) in [6, 6.07) is 6.55. The van der Waals surface area contributed by atoms with Crippen molar-refractivity contribution in [1.82, 2.24) is 15.0 Å². The first-order valence-electron chi connectivity index (χ1n) is 8.74. The number of hydrogen-bond donors (Lipinski definition) is 2. The maximum absolute atomic E-state index is 13.3. The molecule has 4 rings (SSSR count). The average Bonchev–Trinajstić information content (AvgIpc) is 3.22. The number of rotatable bonds is 4. The number of hydrogen-bond acceptors (Lipinski definition) is 6. The first-order valence-corrected chi connectivity index (χ1v) is 9.55. The van der Waals surface area contributed by atoms with Gasteiger partial charge in [-0.25, -0.2) is 9.97 Å². The van der Waals surface area contributed by atoms with E-state index < -0.39 is 11.9 Å². The summed E-state index contributed by atoms with van der Waals surface area (Å²) in [6.07, 6.45) is -0.574. The second-order valence-corrected chi connectivity index (χ2v) is 7.86. The van der Waals surface area contributed by atoms with E-state index in [1.54, 1.807) is 23.5 Å². The van der Waals surface area contributed by atoms with Crippen molar-refractivity contribution < 1.29 is 13.2 Å². The molecule has 2 heterocycles. The molecule has 0 bridgehead atoms. The highest BCUT2D eigenvalue weighted by Crippen LogP contribution is 2.32. The van der Waals surface area contributed by atoms with Crippen LogP contribution in [0.1, 0.15) is 36.4 Å². The largest absolute Gasteiger partial charge is 0.433 e. The highest BCUT2D eigenvalue weighted by atomic mass is 32.1. The molecular formula is C18H18F3N5S. The topological polar surface area (TPSA) is 62.7 Å². The number of nitrogens with one attached hydrogen (secondary N) is 2. The molecule has 0 aliphatic heterocycles. The van der Waals surface area contributed by atoms with Crippen LogP contribution in [0.3, 0.4) is 0 Å². The smallest absolute Gasteiger partial charge is 0.351 e. The quantitative estimate of drug-likeness (QED) is 0.612. The van der Waals surface area contributed by atoms with Gasteiger partial charge in [0.2, 0.25) is 5.95 Å². The maximum atomic E-state index is 13.3. The lowest BCUT2D eigenvalue weighted by Gasteiger charge is -2.15. The molecule has 1 aliphatic carbocycles. The minimum atomic E-state index is -4.54. The van der Waals surface area contributed by atoms with Crippen LogP contribution in [0, 0.1) is 6.92 Å². The fourth-order valence-corrected chi connectivity index (χ4v) is 4.05. The van der Waals surface area contributed by atoms with Gasteiger partial charge in [-0.1, -0.05) is 12.8 Å². The molecule has 1 aromatic carbocycles. The van der Waals surface area contributed by atoms with E-state index in [4.69, 9.17) is 0 Å². The van der Waals surface area contributed by atoms with Crippen LogP contribution < -0.4 is 10.6 Å². The Kier molecular flexibility index (Phi) is 4.63. The zero-order valence-corrected chi connectivity index (χ0v) is 15.4. The highest BCUT2D eigenvalue weighted by molar-refractivity contribution is 7.18. The zero-order valence-electron chi connectivity index (χ0n) is 14.6. The molecule has 5 nitrogen and oxygen atoms in total. The van der Waals surface area contributed by atoms with Crippen LogP contribution in [0.25, 0.3) is 10.2 Å². The number of aryl methyl sites for hydroxylation is 1. The molecule has 0 spiro atoms. The van der Waals surface area contributed by atoms with Crippen LogP contribution in [0.2, 0.25) is 0 Å². The molecule has 27 heavy (non-hydrogen) atoms. The molecule has 0 amide bonds. The second kappa shape index (κ2) is 6.95. The lowest BCUT2D eigenvalue weighted by atomic mass is 10.2. The molecule has 142 valence electrons. The third kappa shape index (κ3) is 4.13. The Hall–Kier alpha value is -2.42. The number of benzene rings is 1. The second-order valence-electron chi connectivity index (χ2n) is 6.63. The number of thiazole rings is 1. The summed E-state index contributed by atoms with van der Waals surface area (Å²) >= 11 is 1.57. The first kappa shape index (κ1) is 18.0. The lowest BCUT2D eigenvalue weighted by Crippen LogP contribution is -2.19. The minimum Gasteiger partial charge on any atom is -0.351 e. The van der Waals surface area contributed by atoms with Crippen LogP contribution >= 0.6 is 11.3 Å². The van der Waals surface area contributed by atoms with Gasteiger partial charge in [-0.05, 0) is 38.0 Å². The summed E-state index contributed by atoms with van der Waals surface area (Å²) < 4.78 is 40.8. The minimum absolute atomic E-state index is 0.00445. The van der Waals surface area contributed by atoms with Crippen LogP contribution in [-0.4, -0.2) is 21.0 Å². The standard InChI is InChI=1S/C18H18F3N5S/c1-10-22-13-8-12(6-7-14(13)27-10)23-16-9-15(18(19,20)21)25-17(26-16)24-11-4-2-3-5-11/h6-9,11H,2-5H2,1H3,(H2,23,24,25,26). The predicted molar refractivity (Wildman–Crippen MR) is 101 cm³/mol. The fourth-order valence-electron chi connectivity index (χ4n) is 3.24. The van der Waals surface area contributed by atoms with E-state index in [0.29, 0.717) is 5.69 Å². The van der Waals surface area contributed by atoms with Gasteiger partial charge in [-0.2, -0.15) is 18.2 Å². The lowest BCUT2D eigenvalue weighted by molar-refractivity contribution is -0.141. The molecule has 2 aromatic heterocycles. The van der Waals surface area contributed by atoms with E-state index >= 15 is 0 Å². The summed E-state index contributed by atoms with van der Waals surface area (Å²) in [5.41, 5.74) is 0.467. The van der Waals surface area contributed by atoms with E-state index in [1.807, 2.05) is 13.0 Å². The van der Waals surface area contributed by atoms with Gasteiger partial charge >= 0.3 is 6.18 Å². The number of fused-ring (bicyclic) bond motifs is 1. The summed E-state index contributed by atoms with van der Waals surface area (Å²) in [5, 5.41) is 6.93. The molecule has 9 heteroatoms. The van der Waals surface area contributed by atoms with Gasteiger partial charge in [0.05, 0.1) is 15.2 Å². The predicted octanol–water partition coefficient (Wildman–Crippen LogP) is 5.51. The van der Waals surface area contributed by atoms with E-state index in [2.05, 4.69) is 25.6 Å². The SMILES string of the molecule is Cc1nc2cc(Nc3cc(C(F)(F)F)nc(NC4CCCC4)n3)ccc2s1. The number of aromatic nitrogens is 3. The molecule has 3 aromatic rings. The van der Waals surface area contributed by atoms with Gasteiger partial charge in [-0.15, -0.1) is 11.3 Å². The average molecular weight is 393 g/mol. The van der Waals surface area contributed by atoms with Crippen molar-refractivity contribution in [2.24, 2.45) is 0 Å². The normalized spacial score (nSPS) is 15.4. The Bertz CT molecular complexity index is 963. The van der Waals surface area contributed by atoms with Crippen molar-refractivity contribution in [3.63, 3.8) is 0 Å². The third-order valence-electron chi connectivity index (χ3n) is 4.47. The van der Waals surface area contributed by atoms with Gasteiger partial charge in [-0.3, -0.25) is 0 Å². The van der Waals surface area contributed by atoms with Crippen LogP contribution in [0.5, 0.6) is 0 Å². The highest BCUT2D eigenvalue weighted by Gasteiger charge is 2.34. The molecule has 1 saturated carbocycles. The van der Waals surface area contributed by atoms with Crippen LogP contribution in [0.15, 0.2) is 24.3 Å². The van der Waals surface area contributed by atoms with Crippen molar-refractivity contribution >= 4 is 39.0 Å².